The number of hydrogen-bond donors (Lipinski definition) is 1. The summed E-state index contributed by atoms with van der Waals surface area (Å²) in [6, 6.07) is 9.91. The molecular formula is C21H20F2N2O4. The number of halogens is 2. The summed E-state index contributed by atoms with van der Waals surface area (Å²) in [7, 11) is 1.45. The lowest BCUT2D eigenvalue weighted by molar-refractivity contribution is -0.139. The van der Waals surface area contributed by atoms with Crippen LogP contribution in [0.2, 0.25) is 0 Å². The van der Waals surface area contributed by atoms with Gasteiger partial charge in [-0.2, -0.15) is 0 Å². The summed E-state index contributed by atoms with van der Waals surface area (Å²) in [5.41, 5.74) is 0.665. The van der Waals surface area contributed by atoms with Crippen LogP contribution in [0.5, 0.6) is 5.75 Å². The van der Waals surface area contributed by atoms with Gasteiger partial charge in [0.05, 0.1) is 23.9 Å². The molecule has 2 aromatic carbocycles. The monoisotopic (exact) mass is 402 g/mol. The van der Waals surface area contributed by atoms with Crippen molar-refractivity contribution in [1.82, 2.24) is 10.2 Å². The first-order chi connectivity index (χ1) is 13.9. The second-order valence-electron chi connectivity index (χ2n) is 6.30. The number of rotatable bonds is 6. The van der Waals surface area contributed by atoms with E-state index in [0.717, 1.165) is 0 Å². The molecule has 0 fully saturated rings. The normalized spacial score (nSPS) is 16.5. The number of ether oxygens (including phenoxy) is 2. The molecule has 0 aliphatic carbocycles. The summed E-state index contributed by atoms with van der Waals surface area (Å²) in [6.07, 6.45) is 0. The standard InChI is InChI=1S/C21H20F2N2O4/c1-3-28-20(26)18-16(12-29-17-10-5-4-9-15(17)23)25(2)21(27)24-19(18)13-7-6-8-14(22)11-13/h4-11,19H,3,12H2,1-2H3,(H,24,27). The lowest BCUT2D eigenvalue weighted by Gasteiger charge is -2.34. The van der Waals surface area contributed by atoms with Gasteiger partial charge in [0, 0.05) is 7.05 Å². The lowest BCUT2D eigenvalue weighted by atomic mass is 9.94. The summed E-state index contributed by atoms with van der Waals surface area (Å²) < 4.78 is 38.4. The average Bonchev–Trinajstić information content (AvgIpc) is 2.70. The summed E-state index contributed by atoms with van der Waals surface area (Å²) in [4.78, 5) is 26.4. The molecule has 2 aromatic rings. The van der Waals surface area contributed by atoms with Crippen LogP contribution in [0.25, 0.3) is 0 Å². The maximum absolute atomic E-state index is 13.9. The van der Waals surface area contributed by atoms with Crippen molar-refractivity contribution in [2.75, 3.05) is 20.3 Å². The number of benzene rings is 2. The highest BCUT2D eigenvalue weighted by Crippen LogP contribution is 2.32. The van der Waals surface area contributed by atoms with Crippen molar-refractivity contribution in [2.45, 2.75) is 13.0 Å². The molecule has 29 heavy (non-hydrogen) atoms. The van der Waals surface area contributed by atoms with Crippen LogP contribution in [0, 0.1) is 11.6 Å². The maximum Gasteiger partial charge on any atom is 0.338 e. The molecule has 3 rings (SSSR count). The van der Waals surface area contributed by atoms with Gasteiger partial charge >= 0.3 is 12.0 Å². The summed E-state index contributed by atoms with van der Waals surface area (Å²) in [5, 5.41) is 2.67. The molecule has 0 aromatic heterocycles. The van der Waals surface area contributed by atoms with Crippen molar-refractivity contribution < 1.29 is 27.8 Å². The van der Waals surface area contributed by atoms with Gasteiger partial charge in [0.25, 0.3) is 0 Å². The number of para-hydroxylation sites is 1. The fraction of sp³-hybridized carbons (Fsp3) is 0.238. The Kier molecular flexibility index (Phi) is 6.11. The van der Waals surface area contributed by atoms with Crippen molar-refractivity contribution in [2.24, 2.45) is 0 Å². The van der Waals surface area contributed by atoms with Gasteiger partial charge in [-0.1, -0.05) is 24.3 Å². The zero-order valence-electron chi connectivity index (χ0n) is 15.9. The number of likely N-dealkylation sites (N-methyl/N-ethyl adjacent to an activating group) is 1. The fourth-order valence-corrected chi connectivity index (χ4v) is 3.03. The smallest absolute Gasteiger partial charge is 0.338 e. The SMILES string of the molecule is CCOC(=O)C1=C(COc2ccccc2F)N(C)C(=O)NC1c1cccc(F)c1. The van der Waals surface area contributed by atoms with Gasteiger partial charge < -0.3 is 14.8 Å². The van der Waals surface area contributed by atoms with E-state index < -0.39 is 29.7 Å². The summed E-state index contributed by atoms with van der Waals surface area (Å²) in [5.74, 6) is -1.79. The number of nitrogens with zero attached hydrogens (tertiary/aromatic N) is 1. The number of carbonyl (C=O) groups is 2. The average molecular weight is 402 g/mol. The highest BCUT2D eigenvalue weighted by Gasteiger charge is 2.37. The van der Waals surface area contributed by atoms with E-state index in [0.29, 0.717) is 5.56 Å². The molecule has 1 unspecified atom stereocenters. The number of nitrogens with one attached hydrogen (secondary N) is 1. The van der Waals surface area contributed by atoms with Gasteiger partial charge in [-0.15, -0.1) is 0 Å². The second kappa shape index (κ2) is 8.72. The molecule has 0 saturated heterocycles. The Morgan fingerprint density at radius 3 is 2.62 bits per heavy atom. The molecule has 1 heterocycles. The maximum atomic E-state index is 13.9. The molecule has 1 atom stereocenters. The Bertz CT molecular complexity index is 961. The van der Waals surface area contributed by atoms with Gasteiger partial charge in [-0.25, -0.2) is 18.4 Å². The van der Waals surface area contributed by atoms with Crippen LogP contribution in [0.1, 0.15) is 18.5 Å². The Hall–Kier alpha value is -3.42. The summed E-state index contributed by atoms with van der Waals surface area (Å²) >= 11 is 0. The topological polar surface area (TPSA) is 67.9 Å². The van der Waals surface area contributed by atoms with E-state index in [1.54, 1.807) is 19.1 Å². The molecule has 1 N–H and O–H groups in total. The van der Waals surface area contributed by atoms with Crippen molar-refractivity contribution in [3.63, 3.8) is 0 Å². The van der Waals surface area contributed by atoms with E-state index in [1.165, 1.54) is 48.3 Å². The molecule has 0 bridgehead atoms. The molecule has 0 spiro atoms. The molecule has 1 aliphatic rings. The summed E-state index contributed by atoms with van der Waals surface area (Å²) in [6.45, 7) is 1.50. The molecule has 152 valence electrons. The minimum atomic E-state index is -0.937. The van der Waals surface area contributed by atoms with E-state index in [9.17, 15) is 18.4 Å². The van der Waals surface area contributed by atoms with Crippen LogP contribution in [-0.4, -0.2) is 37.2 Å². The van der Waals surface area contributed by atoms with Crippen LogP contribution >= 0.6 is 0 Å². The van der Waals surface area contributed by atoms with Crippen molar-refractivity contribution in [3.05, 3.63) is 77.0 Å². The van der Waals surface area contributed by atoms with E-state index in [1.807, 2.05) is 0 Å². The Morgan fingerprint density at radius 2 is 1.93 bits per heavy atom. The first-order valence-electron chi connectivity index (χ1n) is 8.99. The third kappa shape index (κ3) is 4.37. The van der Waals surface area contributed by atoms with Gasteiger partial charge in [-0.05, 0) is 36.8 Å². The number of esters is 1. The predicted molar refractivity (Wildman–Crippen MR) is 101 cm³/mol. The molecular weight excluding hydrogens is 382 g/mol. The number of carbonyl (C=O) groups excluding carboxylic acids is 2. The van der Waals surface area contributed by atoms with Crippen LogP contribution in [-0.2, 0) is 9.53 Å². The predicted octanol–water partition coefficient (Wildman–Crippen LogP) is 3.56. The molecule has 1 aliphatic heterocycles. The van der Waals surface area contributed by atoms with E-state index in [4.69, 9.17) is 9.47 Å². The second-order valence-corrected chi connectivity index (χ2v) is 6.30. The number of amides is 2. The van der Waals surface area contributed by atoms with Crippen LogP contribution in [0.4, 0.5) is 13.6 Å². The highest BCUT2D eigenvalue weighted by molar-refractivity contribution is 5.95. The van der Waals surface area contributed by atoms with Crippen LogP contribution in [0.15, 0.2) is 59.8 Å². The van der Waals surface area contributed by atoms with Gasteiger partial charge in [0.15, 0.2) is 11.6 Å². The quantitative estimate of drug-likeness (QED) is 0.751. The Balaban J connectivity index is 2.05. The lowest BCUT2D eigenvalue weighted by Crippen LogP contribution is -2.48. The molecule has 0 radical (unpaired) electrons. The molecule has 6 nitrogen and oxygen atoms in total. The van der Waals surface area contributed by atoms with Crippen molar-refractivity contribution >= 4 is 12.0 Å². The van der Waals surface area contributed by atoms with Crippen LogP contribution < -0.4 is 10.1 Å². The minimum absolute atomic E-state index is 0.0232. The zero-order valence-corrected chi connectivity index (χ0v) is 15.9. The Morgan fingerprint density at radius 1 is 1.17 bits per heavy atom. The zero-order chi connectivity index (χ0) is 21.0. The first-order valence-corrected chi connectivity index (χ1v) is 8.99. The van der Waals surface area contributed by atoms with Gasteiger partial charge in [-0.3, -0.25) is 4.90 Å². The highest BCUT2D eigenvalue weighted by atomic mass is 19.1. The Labute approximate surface area is 166 Å². The van der Waals surface area contributed by atoms with Crippen LogP contribution in [0.3, 0.4) is 0 Å². The largest absolute Gasteiger partial charge is 0.484 e. The van der Waals surface area contributed by atoms with Gasteiger partial charge in [0.1, 0.15) is 12.4 Å². The number of hydrogen-bond acceptors (Lipinski definition) is 4. The van der Waals surface area contributed by atoms with Gasteiger partial charge in [0.2, 0.25) is 0 Å². The van der Waals surface area contributed by atoms with Crippen molar-refractivity contribution in [3.8, 4) is 5.75 Å². The first kappa shape index (κ1) is 20.3. The molecule has 8 heteroatoms. The van der Waals surface area contributed by atoms with E-state index in [-0.39, 0.29) is 30.2 Å². The van der Waals surface area contributed by atoms with E-state index >= 15 is 0 Å². The third-order valence-corrected chi connectivity index (χ3v) is 4.46. The number of urea groups is 1. The molecule has 2 amide bonds. The van der Waals surface area contributed by atoms with E-state index in [2.05, 4.69) is 5.32 Å². The third-order valence-electron chi connectivity index (χ3n) is 4.46. The van der Waals surface area contributed by atoms with Crippen molar-refractivity contribution in [1.29, 1.82) is 0 Å². The fourth-order valence-electron chi connectivity index (χ4n) is 3.03. The minimum Gasteiger partial charge on any atom is -0.484 e. The molecule has 0 saturated carbocycles.